The predicted molar refractivity (Wildman–Crippen MR) is 285 cm³/mol. The molecule has 1 saturated heterocycles. The third kappa shape index (κ3) is 12.3. The van der Waals surface area contributed by atoms with Gasteiger partial charge in [-0.05, 0) is 127 Å². The maximum Gasteiger partial charge on any atom is 0.410 e. The van der Waals surface area contributed by atoms with E-state index in [4.69, 9.17) is 38.4 Å². The van der Waals surface area contributed by atoms with Crippen LogP contribution in [0.25, 0.3) is 10.8 Å². The van der Waals surface area contributed by atoms with E-state index in [9.17, 15) is 10.2 Å². The van der Waals surface area contributed by atoms with E-state index >= 15 is 4.79 Å². The number of fused-ring (bicyclic) bond motifs is 3. The third-order valence-electron chi connectivity index (χ3n) is 14.8. The van der Waals surface area contributed by atoms with Crippen molar-refractivity contribution in [3.63, 3.8) is 0 Å². The maximum atomic E-state index is 15.4. The number of thioether (sulfide) groups is 1. The van der Waals surface area contributed by atoms with Gasteiger partial charge in [0.05, 0.1) is 44.6 Å². The van der Waals surface area contributed by atoms with Gasteiger partial charge in [-0.25, -0.2) is 4.79 Å². The molecule has 73 heavy (non-hydrogen) atoms. The highest BCUT2D eigenvalue weighted by molar-refractivity contribution is 7.98. The zero-order valence-electron chi connectivity index (χ0n) is 42.0. The van der Waals surface area contributed by atoms with E-state index in [0.717, 1.165) is 76.5 Å². The largest absolute Gasteiger partial charge is 0.459 e. The Kier molecular flexibility index (Phi) is 18.2. The fourth-order valence-corrected chi connectivity index (χ4v) is 11.8. The van der Waals surface area contributed by atoms with Crippen LogP contribution in [0.2, 0.25) is 0 Å². The first kappa shape index (κ1) is 52.2. The Morgan fingerprint density at radius 1 is 0.890 bits per heavy atom. The van der Waals surface area contributed by atoms with Gasteiger partial charge in [-0.2, -0.15) is 0 Å². The molecule has 5 aromatic rings. The molecule has 9 rings (SSSR count). The molecular formula is C60H70N2O10S. The Hall–Kier alpha value is -5.67. The number of hydrogen-bond donors (Lipinski definition) is 2. The highest BCUT2D eigenvalue weighted by atomic mass is 32.2. The van der Waals surface area contributed by atoms with Crippen LogP contribution in [-0.4, -0.2) is 90.9 Å². The van der Waals surface area contributed by atoms with Crippen LogP contribution in [0.5, 0.6) is 17.2 Å². The number of oxime groups is 1. The molecule has 0 aromatic heterocycles. The molecule has 4 aliphatic rings. The van der Waals surface area contributed by atoms with E-state index < -0.39 is 30.1 Å². The minimum absolute atomic E-state index is 0.0140. The number of amides is 1. The molecule has 386 valence electrons. The van der Waals surface area contributed by atoms with E-state index in [1.165, 1.54) is 0 Å². The summed E-state index contributed by atoms with van der Waals surface area (Å²) >= 11 is 1.68. The van der Waals surface area contributed by atoms with Gasteiger partial charge in [-0.3, -0.25) is 4.90 Å². The molecule has 13 heteroatoms. The number of ether oxygens (including phenoxy) is 6. The van der Waals surface area contributed by atoms with Crippen molar-refractivity contribution >= 4 is 34.3 Å². The van der Waals surface area contributed by atoms with Crippen molar-refractivity contribution in [3.8, 4) is 17.2 Å². The monoisotopic (exact) mass is 1010 g/mol. The van der Waals surface area contributed by atoms with Crippen LogP contribution in [-0.2, 0) is 36.9 Å². The molecular weight excluding hydrogens is 941 g/mol. The van der Waals surface area contributed by atoms with Crippen LogP contribution >= 0.6 is 11.8 Å². The first-order valence-electron chi connectivity index (χ1n) is 26.1. The number of benzene rings is 5. The first-order chi connectivity index (χ1) is 35.9. The van der Waals surface area contributed by atoms with Crippen molar-refractivity contribution in [2.24, 2.45) is 22.9 Å². The van der Waals surface area contributed by atoms with E-state index in [-0.39, 0.29) is 63.8 Å². The summed E-state index contributed by atoms with van der Waals surface area (Å²) in [6.45, 7) is 5.76. The van der Waals surface area contributed by atoms with Gasteiger partial charge in [-0.15, -0.1) is 18.3 Å². The molecule has 2 aliphatic heterocycles. The lowest BCUT2D eigenvalue weighted by Crippen LogP contribution is -2.70. The number of unbranched alkanes of at least 4 members (excludes halogenated alkanes) is 2. The van der Waals surface area contributed by atoms with Crippen LogP contribution in [0.15, 0.2) is 150 Å². The number of carbonyl (C=O) groups is 1. The Morgan fingerprint density at radius 2 is 1.67 bits per heavy atom. The Balaban J connectivity index is 1.20. The van der Waals surface area contributed by atoms with Crippen molar-refractivity contribution in [1.82, 2.24) is 4.90 Å². The Bertz CT molecular complexity index is 2650. The second kappa shape index (κ2) is 25.5. The summed E-state index contributed by atoms with van der Waals surface area (Å²) in [5.41, 5.74) is 4.53. The van der Waals surface area contributed by atoms with Crippen LogP contribution < -0.4 is 9.47 Å². The molecule has 0 radical (unpaired) electrons. The lowest BCUT2D eigenvalue weighted by Gasteiger charge is -2.60. The molecule has 0 spiro atoms. The molecule has 0 bridgehead atoms. The first-order valence-corrected chi connectivity index (χ1v) is 27.3. The Morgan fingerprint density at radius 3 is 2.45 bits per heavy atom. The summed E-state index contributed by atoms with van der Waals surface area (Å²) in [4.78, 5) is 24.7. The third-order valence-corrected chi connectivity index (χ3v) is 15.5. The molecule has 5 aromatic carbocycles. The van der Waals surface area contributed by atoms with Crippen LogP contribution in [0.3, 0.4) is 0 Å². The van der Waals surface area contributed by atoms with Crippen molar-refractivity contribution in [2.75, 3.05) is 45.9 Å². The summed E-state index contributed by atoms with van der Waals surface area (Å²) in [7, 11) is 0. The van der Waals surface area contributed by atoms with Gasteiger partial charge in [0.2, 0.25) is 12.1 Å². The number of allylic oxidation sites excluding steroid dienone is 1. The smallest absolute Gasteiger partial charge is 0.410 e. The van der Waals surface area contributed by atoms with Crippen LogP contribution in [0, 0.1) is 17.8 Å². The maximum absolute atomic E-state index is 15.4. The van der Waals surface area contributed by atoms with Crippen molar-refractivity contribution in [1.29, 1.82) is 0 Å². The van der Waals surface area contributed by atoms with Gasteiger partial charge in [0, 0.05) is 42.4 Å². The normalized spacial score (nSPS) is 23.7. The summed E-state index contributed by atoms with van der Waals surface area (Å²) in [6, 6.07) is 37.5. The van der Waals surface area contributed by atoms with E-state index in [0.29, 0.717) is 55.4 Å². The topological polar surface area (TPSA) is 138 Å². The van der Waals surface area contributed by atoms with E-state index in [2.05, 4.69) is 61.4 Å². The van der Waals surface area contributed by atoms with Gasteiger partial charge < -0.3 is 43.5 Å². The van der Waals surface area contributed by atoms with Gasteiger partial charge in [0.15, 0.2) is 0 Å². The fourth-order valence-electron chi connectivity index (χ4n) is 11.4. The average Bonchev–Trinajstić information content (AvgIpc) is 3.43. The van der Waals surface area contributed by atoms with Crippen molar-refractivity contribution in [2.45, 2.75) is 106 Å². The van der Waals surface area contributed by atoms with E-state index in [1.807, 2.05) is 72.8 Å². The zero-order valence-corrected chi connectivity index (χ0v) is 42.8. The number of aliphatic hydroxyl groups excluding tert-OH is 2. The Labute approximate surface area is 434 Å². The predicted octanol–water partition coefficient (Wildman–Crippen LogP) is 12.4. The highest BCUT2D eigenvalue weighted by Crippen LogP contribution is 2.62. The standard InChI is InChI=1S/C60H70N2O10S/c1-3-33-69-60-55(62(40-45-21-15-20-43-18-7-8-22-49(43)45)59(65)68-36-35-66-41-42-16-5-4-6-17-42)39-53(61-72-56-24-11-14-34-67-56)51-37-44(19-9-12-31-63)50(23-10-13-32-64)57(58(51)60)52-38-47(27-30-54(52)71-60)70-46-25-28-48(73-2)29-26-46/h3-8,15-18,20-22,25-30,37-38,44,50,55-58,63-64H,1,9-14,19,23-24,31-36,39-41H2,2H3. The second-order valence-corrected chi connectivity index (χ2v) is 20.3. The summed E-state index contributed by atoms with van der Waals surface area (Å²) < 4.78 is 39.9. The summed E-state index contributed by atoms with van der Waals surface area (Å²) in [6.07, 6.45) is 12.4. The van der Waals surface area contributed by atoms with Gasteiger partial charge in [0.25, 0.3) is 0 Å². The number of hydrogen-bond acceptors (Lipinski definition) is 12. The molecule has 2 N–H and O–H groups in total. The van der Waals surface area contributed by atoms with Gasteiger partial charge in [-0.1, -0.05) is 103 Å². The molecule has 2 fully saturated rings. The molecule has 12 nitrogen and oxygen atoms in total. The lowest BCUT2D eigenvalue weighted by atomic mass is 9.55. The molecule has 1 saturated carbocycles. The molecule has 1 amide bonds. The average molecular weight is 1010 g/mol. The number of nitrogens with zero attached hydrogens (tertiary/aromatic N) is 2. The zero-order chi connectivity index (χ0) is 50.4. The molecule has 7 unspecified atom stereocenters. The minimum atomic E-state index is -1.51. The van der Waals surface area contributed by atoms with E-state index in [1.54, 1.807) is 22.7 Å². The SMILES string of the molecule is C=CCOC12Oc3ccc(Oc4ccc(SC)cc4)cc3C3C(CCCCO)C(CCCCO)C=C(C(=NOC4CCCCO4)CC1N(Cc1cccc4ccccc14)C(=O)OCCOCc1ccccc1)C32. The fraction of sp³-hybridized carbons (Fsp3) is 0.433. The molecule has 7 atom stereocenters. The number of aliphatic hydroxyl groups is 2. The second-order valence-electron chi connectivity index (χ2n) is 19.4. The summed E-state index contributed by atoms with van der Waals surface area (Å²) in [5, 5.41) is 27.3. The lowest BCUT2D eigenvalue weighted by molar-refractivity contribution is -0.256. The minimum Gasteiger partial charge on any atom is -0.459 e. The highest BCUT2D eigenvalue weighted by Gasteiger charge is 2.66. The van der Waals surface area contributed by atoms with Gasteiger partial charge in [0.1, 0.15) is 29.9 Å². The van der Waals surface area contributed by atoms with Crippen LogP contribution in [0.4, 0.5) is 4.79 Å². The van der Waals surface area contributed by atoms with Gasteiger partial charge >= 0.3 is 6.09 Å². The summed E-state index contributed by atoms with van der Waals surface area (Å²) in [5.74, 6) is -0.221. The van der Waals surface area contributed by atoms with Crippen LogP contribution in [0.1, 0.15) is 86.8 Å². The quantitative estimate of drug-likeness (QED) is 0.0264. The van der Waals surface area contributed by atoms with Crippen molar-refractivity contribution < 1.29 is 48.3 Å². The number of rotatable bonds is 24. The van der Waals surface area contributed by atoms with Crippen molar-refractivity contribution in [3.05, 3.63) is 156 Å². The molecule has 2 aliphatic carbocycles. The molecule has 2 heterocycles. The number of carbonyl (C=O) groups excluding carboxylic acids is 1.